The number of ether oxygens (including phenoxy) is 3. The van der Waals surface area contributed by atoms with Gasteiger partial charge in [0.2, 0.25) is 5.75 Å². The molecule has 1 aromatic carbocycles. The van der Waals surface area contributed by atoms with E-state index in [1.54, 1.807) is 12.1 Å². The van der Waals surface area contributed by atoms with E-state index in [0.29, 0.717) is 22.9 Å². The number of nitrogens with two attached hydrogens (primary N) is 1. The maximum absolute atomic E-state index is 12.0. The summed E-state index contributed by atoms with van der Waals surface area (Å²) in [5.74, 6) is 1.11. The van der Waals surface area contributed by atoms with Crippen LogP contribution in [0.3, 0.4) is 0 Å². The van der Waals surface area contributed by atoms with E-state index < -0.39 is 5.91 Å². The van der Waals surface area contributed by atoms with Gasteiger partial charge < -0.3 is 30.1 Å². The molecule has 0 saturated heterocycles. The monoisotopic (exact) mass is 365 g/mol. The highest BCUT2D eigenvalue weighted by molar-refractivity contribution is 7.12. The van der Waals surface area contributed by atoms with E-state index in [2.05, 4.69) is 10.5 Å². The fourth-order valence-electron chi connectivity index (χ4n) is 1.98. The van der Waals surface area contributed by atoms with Crippen LogP contribution in [0.15, 0.2) is 34.8 Å². The van der Waals surface area contributed by atoms with Gasteiger partial charge in [-0.15, -0.1) is 11.3 Å². The quantitative estimate of drug-likeness (QED) is 0.421. The van der Waals surface area contributed by atoms with Gasteiger partial charge in [-0.05, 0) is 11.4 Å². The highest BCUT2D eigenvalue weighted by Crippen LogP contribution is 2.39. The average molecular weight is 365 g/mol. The van der Waals surface area contributed by atoms with E-state index in [9.17, 15) is 4.79 Å². The third kappa shape index (κ3) is 4.77. The second-order valence-electron chi connectivity index (χ2n) is 4.69. The Morgan fingerprint density at radius 3 is 2.40 bits per heavy atom. The number of methoxy groups -OCH3 is 3. The summed E-state index contributed by atoms with van der Waals surface area (Å²) in [7, 11) is 4.49. The lowest BCUT2D eigenvalue weighted by Crippen LogP contribution is -2.19. The summed E-state index contributed by atoms with van der Waals surface area (Å²) in [6, 6.07) is 6.88. The Kier molecular flexibility index (Phi) is 6.47. The van der Waals surface area contributed by atoms with Crippen molar-refractivity contribution in [2.75, 3.05) is 33.3 Å². The molecular weight excluding hydrogens is 346 g/mol. The van der Waals surface area contributed by atoms with Crippen LogP contribution in [-0.2, 0) is 9.63 Å². The van der Waals surface area contributed by atoms with E-state index >= 15 is 0 Å². The van der Waals surface area contributed by atoms with Crippen molar-refractivity contribution in [2.24, 2.45) is 10.9 Å². The molecule has 2 rings (SSSR count). The first-order valence-electron chi connectivity index (χ1n) is 7.18. The number of carbonyl (C=O) groups excluding carboxylic acids is 1. The summed E-state index contributed by atoms with van der Waals surface area (Å²) < 4.78 is 15.7. The molecule has 0 radical (unpaired) electrons. The number of carbonyl (C=O) groups is 1. The standard InChI is InChI=1S/C16H19N3O5S/c1-21-11-7-10(8-12(22-2)15(11)23-3)18-14(20)9-24-19-16(17)13-5-4-6-25-13/h4-8H,9H2,1-3H3,(H2,17,19)(H,18,20). The largest absolute Gasteiger partial charge is 0.493 e. The van der Waals surface area contributed by atoms with Crippen molar-refractivity contribution in [2.45, 2.75) is 0 Å². The molecule has 9 heteroatoms. The summed E-state index contributed by atoms with van der Waals surface area (Å²) in [4.78, 5) is 17.7. The SMILES string of the molecule is COc1cc(NC(=O)CO/N=C(\N)c2cccs2)cc(OC)c1OC. The number of thiophene rings is 1. The molecule has 0 spiro atoms. The minimum Gasteiger partial charge on any atom is -0.493 e. The van der Waals surface area contributed by atoms with Crippen molar-refractivity contribution < 1.29 is 23.8 Å². The van der Waals surface area contributed by atoms with Crippen molar-refractivity contribution in [3.8, 4) is 17.2 Å². The summed E-state index contributed by atoms with van der Waals surface area (Å²) in [6.07, 6.45) is 0. The third-order valence-corrected chi connectivity index (χ3v) is 3.97. The molecule has 0 saturated carbocycles. The van der Waals surface area contributed by atoms with Crippen molar-refractivity contribution in [1.29, 1.82) is 0 Å². The van der Waals surface area contributed by atoms with Gasteiger partial charge in [-0.1, -0.05) is 11.2 Å². The van der Waals surface area contributed by atoms with Crippen LogP contribution < -0.4 is 25.3 Å². The number of anilines is 1. The molecular formula is C16H19N3O5S. The molecule has 0 aliphatic heterocycles. The number of hydrogen-bond acceptors (Lipinski definition) is 7. The van der Waals surface area contributed by atoms with Gasteiger partial charge in [-0.25, -0.2) is 0 Å². The lowest BCUT2D eigenvalue weighted by atomic mass is 10.2. The van der Waals surface area contributed by atoms with Crippen molar-refractivity contribution in [3.05, 3.63) is 34.5 Å². The zero-order valence-corrected chi connectivity index (χ0v) is 14.9. The molecule has 3 N–H and O–H groups in total. The first kappa shape index (κ1) is 18.4. The maximum atomic E-state index is 12.0. The van der Waals surface area contributed by atoms with E-state index in [0.717, 1.165) is 4.88 Å². The molecule has 25 heavy (non-hydrogen) atoms. The lowest BCUT2D eigenvalue weighted by Gasteiger charge is -2.14. The van der Waals surface area contributed by atoms with Gasteiger partial charge in [-0.2, -0.15) is 0 Å². The summed E-state index contributed by atoms with van der Waals surface area (Å²) in [6.45, 7) is -0.289. The van der Waals surface area contributed by atoms with Gasteiger partial charge in [0.15, 0.2) is 23.9 Å². The third-order valence-electron chi connectivity index (χ3n) is 3.08. The van der Waals surface area contributed by atoms with Crippen LogP contribution in [0.25, 0.3) is 0 Å². The number of nitrogens with zero attached hydrogens (tertiary/aromatic N) is 1. The molecule has 1 heterocycles. The van der Waals surface area contributed by atoms with Gasteiger partial charge >= 0.3 is 0 Å². The Morgan fingerprint density at radius 1 is 1.20 bits per heavy atom. The van der Waals surface area contributed by atoms with Crippen molar-refractivity contribution in [3.63, 3.8) is 0 Å². The number of amides is 1. The zero-order valence-electron chi connectivity index (χ0n) is 14.1. The van der Waals surface area contributed by atoms with Crippen molar-refractivity contribution >= 4 is 28.8 Å². The van der Waals surface area contributed by atoms with Gasteiger partial charge in [-0.3, -0.25) is 4.79 Å². The van der Waals surface area contributed by atoms with Crippen LogP contribution in [0.4, 0.5) is 5.69 Å². The Balaban J connectivity index is 1.99. The number of hydrogen-bond donors (Lipinski definition) is 2. The van der Waals surface area contributed by atoms with Gasteiger partial charge in [0.25, 0.3) is 5.91 Å². The van der Waals surface area contributed by atoms with Crippen LogP contribution in [0.2, 0.25) is 0 Å². The molecule has 2 aromatic rings. The van der Waals surface area contributed by atoms with Crippen LogP contribution in [0.1, 0.15) is 4.88 Å². The van der Waals surface area contributed by atoms with E-state index in [1.807, 2.05) is 17.5 Å². The van der Waals surface area contributed by atoms with Gasteiger partial charge in [0.05, 0.1) is 26.2 Å². The molecule has 0 fully saturated rings. The Labute approximate surface area is 149 Å². The molecule has 0 aliphatic rings. The molecule has 0 bridgehead atoms. The Hall–Kier alpha value is -2.94. The van der Waals surface area contributed by atoms with Crippen molar-refractivity contribution in [1.82, 2.24) is 0 Å². The minimum atomic E-state index is -0.406. The summed E-state index contributed by atoms with van der Waals surface area (Å²) in [5.41, 5.74) is 6.21. The fourth-order valence-corrected chi connectivity index (χ4v) is 2.60. The molecule has 8 nitrogen and oxygen atoms in total. The summed E-state index contributed by atoms with van der Waals surface area (Å²) >= 11 is 1.43. The maximum Gasteiger partial charge on any atom is 0.265 e. The van der Waals surface area contributed by atoms with E-state index in [1.165, 1.54) is 32.7 Å². The highest BCUT2D eigenvalue weighted by atomic mass is 32.1. The molecule has 1 amide bonds. The number of benzene rings is 1. The number of rotatable bonds is 8. The minimum absolute atomic E-state index is 0.218. The van der Waals surface area contributed by atoms with Crippen LogP contribution in [-0.4, -0.2) is 39.7 Å². The summed E-state index contributed by atoms with van der Waals surface area (Å²) in [5, 5.41) is 8.25. The topological polar surface area (TPSA) is 104 Å². The van der Waals surface area contributed by atoms with Crippen LogP contribution in [0.5, 0.6) is 17.2 Å². The predicted octanol–water partition coefficient (Wildman–Crippen LogP) is 2.05. The molecule has 0 atom stereocenters. The predicted molar refractivity (Wildman–Crippen MR) is 95.7 cm³/mol. The van der Waals surface area contributed by atoms with Crippen LogP contribution in [0, 0.1) is 0 Å². The average Bonchev–Trinajstić information content (AvgIpc) is 3.15. The first-order valence-corrected chi connectivity index (χ1v) is 8.06. The molecule has 1 aromatic heterocycles. The van der Waals surface area contributed by atoms with Gasteiger partial charge in [0.1, 0.15) is 0 Å². The highest BCUT2D eigenvalue weighted by Gasteiger charge is 2.14. The first-order chi connectivity index (χ1) is 12.1. The number of nitrogens with one attached hydrogen (secondary N) is 1. The molecule has 0 unspecified atom stereocenters. The number of amidine groups is 1. The molecule has 134 valence electrons. The number of oxime groups is 1. The smallest absolute Gasteiger partial charge is 0.265 e. The Morgan fingerprint density at radius 2 is 1.88 bits per heavy atom. The Bertz CT molecular complexity index is 721. The molecule has 0 aliphatic carbocycles. The van der Waals surface area contributed by atoms with E-state index in [-0.39, 0.29) is 12.4 Å². The van der Waals surface area contributed by atoms with Gasteiger partial charge in [0, 0.05) is 17.8 Å². The fraction of sp³-hybridized carbons (Fsp3) is 0.250. The normalized spacial score (nSPS) is 10.9. The van der Waals surface area contributed by atoms with E-state index in [4.69, 9.17) is 24.8 Å². The second kappa shape index (κ2) is 8.78. The van der Waals surface area contributed by atoms with Crippen LogP contribution >= 0.6 is 11.3 Å². The second-order valence-corrected chi connectivity index (χ2v) is 5.64. The lowest BCUT2D eigenvalue weighted by molar-refractivity contribution is -0.120. The zero-order chi connectivity index (χ0) is 18.2.